The second kappa shape index (κ2) is 9.25. The van der Waals surface area contributed by atoms with E-state index >= 15 is 0 Å². The molecule has 1 saturated carbocycles. The second-order valence-electron chi connectivity index (χ2n) is 8.20. The van der Waals surface area contributed by atoms with Crippen LogP contribution in [0.4, 0.5) is 11.8 Å². The molecule has 156 valence electrons. The Bertz CT molecular complexity index is 856. The molecule has 1 aliphatic carbocycles. The van der Waals surface area contributed by atoms with Crippen LogP contribution >= 0.6 is 0 Å². The number of aryl methyl sites for hydroxylation is 2. The van der Waals surface area contributed by atoms with Gasteiger partial charge < -0.3 is 15.5 Å². The Labute approximate surface area is 174 Å². The first kappa shape index (κ1) is 21.1. The van der Waals surface area contributed by atoms with Gasteiger partial charge in [0.1, 0.15) is 5.82 Å². The normalized spacial score (nSPS) is 18.9. The lowest BCUT2D eigenvalue weighted by molar-refractivity contribution is 0.0926. The highest BCUT2D eigenvalue weighted by molar-refractivity contribution is 5.94. The number of carbonyl (C=O) groups excluding carboxylic acids is 1. The number of nitrogens with one attached hydrogen (secondary N) is 2. The number of aromatic nitrogens is 2. The van der Waals surface area contributed by atoms with E-state index in [4.69, 9.17) is 0 Å². The molecule has 1 heterocycles. The van der Waals surface area contributed by atoms with Crippen LogP contribution in [0.1, 0.15) is 59.8 Å². The van der Waals surface area contributed by atoms with Crippen molar-refractivity contribution in [2.75, 3.05) is 24.3 Å². The molecule has 0 spiro atoms. The zero-order valence-electron chi connectivity index (χ0n) is 18.2. The molecule has 2 aromatic rings. The lowest BCUT2D eigenvalue weighted by atomic mass is 9.91. The van der Waals surface area contributed by atoms with Gasteiger partial charge in [-0.25, -0.2) is 4.98 Å². The van der Waals surface area contributed by atoms with Crippen molar-refractivity contribution in [3.8, 4) is 0 Å². The predicted octanol–water partition coefficient (Wildman–Crippen LogP) is 3.87. The van der Waals surface area contributed by atoms with Crippen molar-refractivity contribution >= 4 is 17.7 Å². The number of carbonyl (C=O) groups is 1. The fourth-order valence-corrected chi connectivity index (χ4v) is 3.88. The van der Waals surface area contributed by atoms with Gasteiger partial charge in [-0.1, -0.05) is 19.1 Å². The quantitative estimate of drug-likeness (QED) is 0.777. The molecule has 6 nitrogen and oxygen atoms in total. The highest BCUT2D eigenvalue weighted by Gasteiger charge is 2.24. The summed E-state index contributed by atoms with van der Waals surface area (Å²) < 4.78 is 0. The van der Waals surface area contributed by atoms with Gasteiger partial charge in [-0.05, 0) is 63.6 Å². The lowest BCUT2D eigenvalue weighted by Crippen LogP contribution is -2.40. The first-order valence-corrected chi connectivity index (χ1v) is 10.6. The maximum Gasteiger partial charge on any atom is 0.251 e. The zero-order chi connectivity index (χ0) is 21.0. The Kier molecular flexibility index (Phi) is 6.72. The number of anilines is 2. The molecule has 3 rings (SSSR count). The largest absolute Gasteiger partial charge is 0.362 e. The molecular formula is C23H33N5O. The molecule has 0 unspecified atom stereocenters. The van der Waals surface area contributed by atoms with E-state index in [1.165, 1.54) is 5.56 Å². The summed E-state index contributed by atoms with van der Waals surface area (Å²) in [6.07, 6.45) is 4.85. The Morgan fingerprint density at radius 3 is 2.45 bits per heavy atom. The van der Waals surface area contributed by atoms with Crippen LogP contribution in [0.5, 0.6) is 0 Å². The maximum atomic E-state index is 12.6. The van der Waals surface area contributed by atoms with Crippen molar-refractivity contribution in [3.63, 3.8) is 0 Å². The van der Waals surface area contributed by atoms with Crippen molar-refractivity contribution in [1.82, 2.24) is 15.3 Å². The van der Waals surface area contributed by atoms with Gasteiger partial charge in [-0.3, -0.25) is 4.79 Å². The summed E-state index contributed by atoms with van der Waals surface area (Å²) in [5, 5.41) is 6.71. The standard InChI is InChI=1S/C23H33N5O/c1-6-17-8-7-9-18(14-17)22(29)25-19-10-12-20(13-11-19)26-23-24-16(3)15(2)21(27-23)28(4)5/h7-9,14,19-20H,6,10-13H2,1-5H3,(H,25,29)(H,24,26,27). The second-order valence-corrected chi connectivity index (χ2v) is 8.20. The number of rotatable bonds is 6. The first-order chi connectivity index (χ1) is 13.9. The zero-order valence-corrected chi connectivity index (χ0v) is 18.2. The summed E-state index contributed by atoms with van der Waals surface area (Å²) in [6.45, 7) is 6.18. The van der Waals surface area contributed by atoms with Gasteiger partial charge in [0.2, 0.25) is 5.95 Å². The average molecular weight is 396 g/mol. The summed E-state index contributed by atoms with van der Waals surface area (Å²) in [5.41, 5.74) is 4.06. The van der Waals surface area contributed by atoms with E-state index < -0.39 is 0 Å². The average Bonchev–Trinajstić information content (AvgIpc) is 2.71. The minimum Gasteiger partial charge on any atom is -0.362 e. The number of benzene rings is 1. The van der Waals surface area contributed by atoms with Crippen LogP contribution in [-0.2, 0) is 6.42 Å². The van der Waals surface area contributed by atoms with Crippen LogP contribution in [0.2, 0.25) is 0 Å². The molecule has 1 aliphatic rings. The van der Waals surface area contributed by atoms with Gasteiger partial charge in [0.15, 0.2) is 0 Å². The topological polar surface area (TPSA) is 70.2 Å². The molecule has 2 N–H and O–H groups in total. The van der Waals surface area contributed by atoms with Crippen LogP contribution in [0.15, 0.2) is 24.3 Å². The smallest absolute Gasteiger partial charge is 0.251 e. The minimum absolute atomic E-state index is 0.0322. The molecule has 6 heteroatoms. The number of nitrogens with zero attached hydrogens (tertiary/aromatic N) is 3. The van der Waals surface area contributed by atoms with Crippen LogP contribution in [0.25, 0.3) is 0 Å². The van der Waals surface area contributed by atoms with Gasteiger partial charge in [0.25, 0.3) is 5.91 Å². The molecular weight excluding hydrogens is 362 g/mol. The lowest BCUT2D eigenvalue weighted by Gasteiger charge is -2.30. The van der Waals surface area contributed by atoms with E-state index in [1.807, 2.05) is 44.1 Å². The van der Waals surface area contributed by atoms with E-state index in [-0.39, 0.29) is 11.9 Å². The molecule has 0 radical (unpaired) electrons. The Balaban J connectivity index is 1.55. The summed E-state index contributed by atoms with van der Waals surface area (Å²) in [4.78, 5) is 23.9. The number of hydrogen-bond acceptors (Lipinski definition) is 5. The van der Waals surface area contributed by atoms with Crippen LogP contribution in [0, 0.1) is 13.8 Å². The summed E-state index contributed by atoms with van der Waals surface area (Å²) in [6, 6.07) is 8.46. The third-order valence-electron chi connectivity index (χ3n) is 5.78. The third kappa shape index (κ3) is 5.25. The molecule has 0 saturated heterocycles. The van der Waals surface area contributed by atoms with Gasteiger partial charge in [-0.2, -0.15) is 4.98 Å². The summed E-state index contributed by atoms with van der Waals surface area (Å²) in [7, 11) is 4.01. The summed E-state index contributed by atoms with van der Waals surface area (Å²) in [5.74, 6) is 1.68. The third-order valence-corrected chi connectivity index (χ3v) is 5.78. The Morgan fingerprint density at radius 2 is 1.79 bits per heavy atom. The Hall–Kier alpha value is -2.63. The molecule has 0 atom stereocenters. The van der Waals surface area contributed by atoms with Gasteiger partial charge in [-0.15, -0.1) is 0 Å². The van der Waals surface area contributed by atoms with Crippen molar-refractivity contribution in [2.45, 2.75) is 65.0 Å². The van der Waals surface area contributed by atoms with Crippen molar-refractivity contribution < 1.29 is 4.79 Å². The Morgan fingerprint density at radius 1 is 1.10 bits per heavy atom. The molecule has 1 aromatic heterocycles. The van der Waals surface area contributed by atoms with Gasteiger partial charge >= 0.3 is 0 Å². The highest BCUT2D eigenvalue weighted by Crippen LogP contribution is 2.24. The fourth-order valence-electron chi connectivity index (χ4n) is 3.88. The van der Waals surface area contributed by atoms with E-state index in [9.17, 15) is 4.79 Å². The van der Waals surface area contributed by atoms with Crippen molar-refractivity contribution in [3.05, 3.63) is 46.6 Å². The molecule has 1 fully saturated rings. The monoisotopic (exact) mass is 395 g/mol. The molecule has 29 heavy (non-hydrogen) atoms. The van der Waals surface area contributed by atoms with Gasteiger partial charge in [0, 0.05) is 43.0 Å². The van der Waals surface area contributed by atoms with Crippen molar-refractivity contribution in [1.29, 1.82) is 0 Å². The minimum atomic E-state index is 0.0322. The molecule has 1 aromatic carbocycles. The fraction of sp³-hybridized carbons (Fsp3) is 0.522. The first-order valence-electron chi connectivity index (χ1n) is 10.6. The summed E-state index contributed by atoms with van der Waals surface area (Å²) >= 11 is 0. The van der Waals surface area contributed by atoms with E-state index in [2.05, 4.69) is 40.5 Å². The SMILES string of the molecule is CCc1cccc(C(=O)NC2CCC(Nc3nc(C)c(C)c(N(C)C)n3)CC2)c1. The van der Waals surface area contributed by atoms with E-state index in [0.717, 1.165) is 54.7 Å². The highest BCUT2D eigenvalue weighted by atomic mass is 16.1. The van der Waals surface area contributed by atoms with Crippen molar-refractivity contribution in [2.24, 2.45) is 0 Å². The van der Waals surface area contributed by atoms with E-state index in [1.54, 1.807) is 0 Å². The molecule has 1 amide bonds. The predicted molar refractivity (Wildman–Crippen MR) is 119 cm³/mol. The van der Waals surface area contributed by atoms with E-state index in [0.29, 0.717) is 12.0 Å². The molecule has 0 bridgehead atoms. The number of amides is 1. The molecule has 0 aliphatic heterocycles. The van der Waals surface area contributed by atoms with Crippen LogP contribution in [-0.4, -0.2) is 42.1 Å². The number of hydrogen-bond donors (Lipinski definition) is 2. The van der Waals surface area contributed by atoms with Crippen LogP contribution < -0.4 is 15.5 Å². The van der Waals surface area contributed by atoms with Crippen LogP contribution in [0.3, 0.4) is 0 Å². The maximum absolute atomic E-state index is 12.6. The van der Waals surface area contributed by atoms with Gasteiger partial charge in [0.05, 0.1) is 0 Å².